The molecule has 72 valence electrons. The molecular formula is C8H14N4O. The van der Waals surface area contributed by atoms with E-state index in [0.29, 0.717) is 24.4 Å². The number of nitrogen functional groups attached to an aromatic ring is 1. The van der Waals surface area contributed by atoms with E-state index in [2.05, 4.69) is 28.8 Å². The van der Waals surface area contributed by atoms with Crippen molar-refractivity contribution < 1.29 is 4.74 Å². The van der Waals surface area contributed by atoms with Crippen LogP contribution >= 0.6 is 0 Å². The molecule has 2 N–H and O–H groups in total. The van der Waals surface area contributed by atoms with Gasteiger partial charge in [0.1, 0.15) is 5.82 Å². The number of aryl methyl sites for hydroxylation is 1. The Kier molecular flexibility index (Phi) is 3.00. The molecule has 1 aromatic heterocycles. The molecule has 5 nitrogen and oxygen atoms in total. The molecule has 0 aliphatic carbocycles. The van der Waals surface area contributed by atoms with E-state index in [-0.39, 0.29) is 5.95 Å². The highest BCUT2D eigenvalue weighted by Crippen LogP contribution is 2.05. The minimum Gasteiger partial charge on any atom is -0.463 e. The van der Waals surface area contributed by atoms with Crippen molar-refractivity contribution in [2.75, 3.05) is 12.3 Å². The van der Waals surface area contributed by atoms with Gasteiger partial charge >= 0.3 is 6.01 Å². The van der Waals surface area contributed by atoms with E-state index in [1.807, 2.05) is 0 Å². The van der Waals surface area contributed by atoms with Gasteiger partial charge in [-0.05, 0) is 12.8 Å². The van der Waals surface area contributed by atoms with Crippen LogP contribution in [0.15, 0.2) is 0 Å². The summed E-state index contributed by atoms with van der Waals surface area (Å²) in [5, 5.41) is 0. The Hall–Kier alpha value is -1.39. The molecule has 0 amide bonds. The van der Waals surface area contributed by atoms with Crippen molar-refractivity contribution in [1.82, 2.24) is 15.0 Å². The van der Waals surface area contributed by atoms with E-state index in [9.17, 15) is 0 Å². The Morgan fingerprint density at radius 3 is 2.54 bits per heavy atom. The Labute approximate surface area is 77.4 Å². The monoisotopic (exact) mass is 182 g/mol. The second-order valence-electron chi connectivity index (χ2n) is 3.23. The molecule has 0 unspecified atom stereocenters. The Morgan fingerprint density at radius 1 is 1.31 bits per heavy atom. The molecule has 1 rings (SSSR count). The first kappa shape index (κ1) is 9.70. The predicted octanol–water partition coefficient (Wildman–Crippen LogP) is 0.797. The van der Waals surface area contributed by atoms with Crippen molar-refractivity contribution in [3.63, 3.8) is 0 Å². The van der Waals surface area contributed by atoms with Gasteiger partial charge in [-0.2, -0.15) is 15.0 Å². The number of anilines is 1. The van der Waals surface area contributed by atoms with E-state index in [4.69, 9.17) is 10.5 Å². The molecule has 1 aromatic rings. The number of nitrogens with two attached hydrogens (primary N) is 1. The Balaban J connectivity index is 2.66. The van der Waals surface area contributed by atoms with Crippen LogP contribution in [-0.4, -0.2) is 21.6 Å². The summed E-state index contributed by atoms with van der Waals surface area (Å²) in [6.45, 7) is 6.44. The zero-order chi connectivity index (χ0) is 9.84. The van der Waals surface area contributed by atoms with Crippen molar-refractivity contribution in [2.24, 2.45) is 5.92 Å². The normalized spacial score (nSPS) is 10.5. The standard InChI is InChI=1S/C8H14N4O/c1-5(2)4-13-8-11-6(3)10-7(9)12-8/h5H,4H2,1-3H3,(H2,9,10,11,12). The number of hydrogen-bond acceptors (Lipinski definition) is 5. The number of ether oxygens (including phenoxy) is 1. The molecule has 0 spiro atoms. The van der Waals surface area contributed by atoms with Crippen molar-refractivity contribution >= 4 is 5.95 Å². The Morgan fingerprint density at radius 2 is 2.00 bits per heavy atom. The van der Waals surface area contributed by atoms with Crippen LogP contribution in [0.25, 0.3) is 0 Å². The summed E-state index contributed by atoms with van der Waals surface area (Å²) in [4.78, 5) is 11.7. The van der Waals surface area contributed by atoms with E-state index in [1.54, 1.807) is 6.92 Å². The van der Waals surface area contributed by atoms with Crippen LogP contribution in [0.2, 0.25) is 0 Å². The maximum Gasteiger partial charge on any atom is 0.321 e. The first-order valence-corrected chi connectivity index (χ1v) is 4.19. The number of hydrogen-bond donors (Lipinski definition) is 1. The van der Waals surface area contributed by atoms with Crippen LogP contribution in [0.3, 0.4) is 0 Å². The summed E-state index contributed by atoms with van der Waals surface area (Å²) in [6, 6.07) is 0.304. The lowest BCUT2D eigenvalue weighted by Crippen LogP contribution is -2.09. The van der Waals surface area contributed by atoms with Crippen molar-refractivity contribution in [3.05, 3.63) is 5.82 Å². The van der Waals surface area contributed by atoms with Crippen LogP contribution in [0.4, 0.5) is 5.95 Å². The lowest BCUT2D eigenvalue weighted by atomic mass is 10.2. The summed E-state index contributed by atoms with van der Waals surface area (Å²) in [5.74, 6) is 1.22. The molecule has 13 heavy (non-hydrogen) atoms. The van der Waals surface area contributed by atoms with Crippen molar-refractivity contribution in [1.29, 1.82) is 0 Å². The molecule has 0 fully saturated rings. The van der Waals surface area contributed by atoms with Crippen molar-refractivity contribution in [2.45, 2.75) is 20.8 Å². The van der Waals surface area contributed by atoms with Gasteiger partial charge in [0.05, 0.1) is 6.61 Å². The summed E-state index contributed by atoms with van der Waals surface area (Å²) in [7, 11) is 0. The van der Waals surface area contributed by atoms with Gasteiger partial charge in [-0.15, -0.1) is 0 Å². The zero-order valence-electron chi connectivity index (χ0n) is 8.11. The smallest absolute Gasteiger partial charge is 0.321 e. The average molecular weight is 182 g/mol. The topological polar surface area (TPSA) is 73.9 Å². The third kappa shape index (κ3) is 3.23. The average Bonchev–Trinajstić information content (AvgIpc) is 1.99. The van der Waals surface area contributed by atoms with Gasteiger partial charge in [-0.3, -0.25) is 0 Å². The van der Waals surface area contributed by atoms with Gasteiger partial charge in [0.2, 0.25) is 5.95 Å². The zero-order valence-corrected chi connectivity index (χ0v) is 8.11. The van der Waals surface area contributed by atoms with Crippen LogP contribution in [0.5, 0.6) is 6.01 Å². The number of aromatic nitrogens is 3. The minimum atomic E-state index is 0.200. The Bertz CT molecular complexity index is 267. The first-order chi connectivity index (χ1) is 6.08. The second kappa shape index (κ2) is 4.02. The molecule has 5 heteroatoms. The molecule has 1 heterocycles. The maximum absolute atomic E-state index is 5.42. The quantitative estimate of drug-likeness (QED) is 0.748. The van der Waals surface area contributed by atoms with Gasteiger partial charge in [-0.25, -0.2) is 0 Å². The van der Waals surface area contributed by atoms with Gasteiger partial charge in [-0.1, -0.05) is 13.8 Å². The van der Waals surface area contributed by atoms with Gasteiger partial charge in [0.25, 0.3) is 0 Å². The van der Waals surface area contributed by atoms with Crippen molar-refractivity contribution in [3.8, 4) is 6.01 Å². The van der Waals surface area contributed by atoms with E-state index in [1.165, 1.54) is 0 Å². The van der Waals surface area contributed by atoms with Gasteiger partial charge in [0, 0.05) is 0 Å². The fraction of sp³-hybridized carbons (Fsp3) is 0.625. The van der Waals surface area contributed by atoms with E-state index >= 15 is 0 Å². The molecule has 0 saturated carbocycles. The third-order valence-electron chi connectivity index (χ3n) is 1.29. The fourth-order valence-electron chi connectivity index (χ4n) is 0.783. The highest BCUT2D eigenvalue weighted by Gasteiger charge is 2.02. The summed E-state index contributed by atoms with van der Waals surface area (Å²) >= 11 is 0. The lowest BCUT2D eigenvalue weighted by Gasteiger charge is -2.06. The fourth-order valence-corrected chi connectivity index (χ4v) is 0.783. The van der Waals surface area contributed by atoms with Crippen LogP contribution in [0, 0.1) is 12.8 Å². The third-order valence-corrected chi connectivity index (χ3v) is 1.29. The highest BCUT2D eigenvalue weighted by molar-refractivity contribution is 5.17. The minimum absolute atomic E-state index is 0.200. The highest BCUT2D eigenvalue weighted by atomic mass is 16.5. The molecule has 0 aliphatic rings. The molecule has 0 aliphatic heterocycles. The molecular weight excluding hydrogens is 168 g/mol. The van der Waals surface area contributed by atoms with Crippen LogP contribution in [0.1, 0.15) is 19.7 Å². The number of rotatable bonds is 3. The SMILES string of the molecule is Cc1nc(N)nc(OCC(C)C)n1. The second-order valence-corrected chi connectivity index (χ2v) is 3.23. The molecule has 0 bridgehead atoms. The molecule has 0 saturated heterocycles. The molecule has 0 aromatic carbocycles. The summed E-state index contributed by atoms with van der Waals surface area (Å²) < 4.78 is 5.29. The van der Waals surface area contributed by atoms with E-state index < -0.39 is 0 Å². The van der Waals surface area contributed by atoms with Gasteiger partial charge in [0.15, 0.2) is 0 Å². The summed E-state index contributed by atoms with van der Waals surface area (Å²) in [5.41, 5.74) is 5.42. The lowest BCUT2D eigenvalue weighted by molar-refractivity contribution is 0.250. The first-order valence-electron chi connectivity index (χ1n) is 4.19. The maximum atomic E-state index is 5.42. The molecule has 0 radical (unpaired) electrons. The van der Waals surface area contributed by atoms with Gasteiger partial charge < -0.3 is 10.5 Å². The molecule has 0 atom stereocenters. The largest absolute Gasteiger partial charge is 0.463 e. The predicted molar refractivity (Wildman–Crippen MR) is 49.3 cm³/mol. The number of nitrogens with zero attached hydrogens (tertiary/aromatic N) is 3. The van der Waals surface area contributed by atoms with E-state index in [0.717, 1.165) is 0 Å². The van der Waals surface area contributed by atoms with Crippen LogP contribution in [-0.2, 0) is 0 Å². The van der Waals surface area contributed by atoms with Crippen LogP contribution < -0.4 is 10.5 Å². The summed E-state index contributed by atoms with van der Waals surface area (Å²) in [6.07, 6.45) is 0.